The number of fused-ring (bicyclic) bond motifs is 1. The van der Waals surface area contributed by atoms with E-state index in [9.17, 15) is 18.0 Å². The molecule has 10 nitrogen and oxygen atoms in total. The number of aromatic nitrogens is 3. The van der Waals surface area contributed by atoms with Crippen molar-refractivity contribution >= 4 is 44.1 Å². The molecule has 1 atom stereocenters. The number of sulfone groups is 1. The lowest BCUT2D eigenvalue weighted by Crippen LogP contribution is -2.42. The first-order chi connectivity index (χ1) is 13.7. The fraction of sp³-hybridized carbons (Fsp3) is 0.500. The minimum absolute atomic E-state index is 0.0360. The van der Waals surface area contributed by atoms with Crippen LogP contribution in [-0.2, 0) is 19.4 Å². The van der Waals surface area contributed by atoms with Gasteiger partial charge in [-0.05, 0) is 26.3 Å². The van der Waals surface area contributed by atoms with Gasteiger partial charge in [0.15, 0.2) is 15.5 Å². The fourth-order valence-corrected chi connectivity index (χ4v) is 5.27. The normalized spacial score (nSPS) is 21.6. The number of carbonyl (C=O) groups excluding carboxylic acids is 2. The van der Waals surface area contributed by atoms with Crippen LogP contribution in [0.2, 0.25) is 0 Å². The molecule has 2 aromatic rings. The standard InChI is InChI=1S/C18H22N6O4S/c1-11(2)23-17-12(8-20-23)7-13(9-19-17)21-18(26)15-3-4-16(25)24(22-15)14-5-6-29(27,28)10-14/h7-9,11,14H,3-6,10H2,1-2H3,(H,21,26)/t14-/m1/s1. The summed E-state index contributed by atoms with van der Waals surface area (Å²) in [5.41, 5.74) is 1.43. The Labute approximate surface area is 167 Å². The molecule has 2 aliphatic rings. The van der Waals surface area contributed by atoms with Crippen molar-refractivity contribution in [3.8, 4) is 0 Å². The number of anilines is 1. The summed E-state index contributed by atoms with van der Waals surface area (Å²) in [6.07, 6.45) is 3.92. The molecule has 154 valence electrons. The first-order valence-corrected chi connectivity index (χ1v) is 11.3. The maximum Gasteiger partial charge on any atom is 0.271 e. The summed E-state index contributed by atoms with van der Waals surface area (Å²) in [7, 11) is -3.16. The Balaban J connectivity index is 1.52. The van der Waals surface area contributed by atoms with Crippen LogP contribution >= 0.6 is 0 Å². The Hall–Kier alpha value is -2.82. The van der Waals surface area contributed by atoms with Gasteiger partial charge in [-0.2, -0.15) is 10.2 Å². The number of carbonyl (C=O) groups is 2. The Kier molecular flexibility index (Phi) is 4.85. The molecule has 0 saturated carbocycles. The minimum atomic E-state index is -3.16. The number of hydrogen-bond acceptors (Lipinski definition) is 7. The van der Waals surface area contributed by atoms with Gasteiger partial charge in [0.1, 0.15) is 5.71 Å². The van der Waals surface area contributed by atoms with Crippen LogP contribution in [0.25, 0.3) is 11.0 Å². The summed E-state index contributed by atoms with van der Waals surface area (Å²) < 4.78 is 25.2. The number of hydrogen-bond donors (Lipinski definition) is 1. The largest absolute Gasteiger partial charge is 0.319 e. The zero-order chi connectivity index (χ0) is 20.8. The highest BCUT2D eigenvalue weighted by Gasteiger charge is 2.37. The van der Waals surface area contributed by atoms with E-state index in [0.29, 0.717) is 12.1 Å². The summed E-state index contributed by atoms with van der Waals surface area (Å²) in [6.45, 7) is 4.02. The van der Waals surface area contributed by atoms with E-state index in [1.54, 1.807) is 23.1 Å². The molecule has 2 amide bonds. The lowest BCUT2D eigenvalue weighted by atomic mass is 10.1. The van der Waals surface area contributed by atoms with Gasteiger partial charge in [-0.3, -0.25) is 9.59 Å². The molecule has 0 spiro atoms. The molecule has 0 unspecified atom stereocenters. The molecular weight excluding hydrogens is 396 g/mol. The van der Waals surface area contributed by atoms with Crippen molar-refractivity contribution in [2.24, 2.45) is 5.10 Å². The highest BCUT2D eigenvalue weighted by atomic mass is 32.2. The maximum absolute atomic E-state index is 12.7. The highest BCUT2D eigenvalue weighted by molar-refractivity contribution is 7.91. The van der Waals surface area contributed by atoms with Crippen molar-refractivity contribution in [1.29, 1.82) is 0 Å². The molecule has 1 saturated heterocycles. The van der Waals surface area contributed by atoms with E-state index in [1.807, 2.05) is 13.8 Å². The molecule has 0 aliphatic carbocycles. The van der Waals surface area contributed by atoms with E-state index < -0.39 is 21.8 Å². The lowest BCUT2D eigenvalue weighted by Gasteiger charge is -2.27. The summed E-state index contributed by atoms with van der Waals surface area (Å²) in [5.74, 6) is -0.764. The predicted molar refractivity (Wildman–Crippen MR) is 107 cm³/mol. The molecule has 4 heterocycles. The second-order valence-corrected chi connectivity index (χ2v) is 9.84. The van der Waals surface area contributed by atoms with E-state index in [-0.39, 0.29) is 42.0 Å². The number of nitrogens with one attached hydrogen (secondary N) is 1. The first kappa shape index (κ1) is 19.5. The highest BCUT2D eigenvalue weighted by Crippen LogP contribution is 2.23. The van der Waals surface area contributed by atoms with Gasteiger partial charge >= 0.3 is 0 Å². The monoisotopic (exact) mass is 418 g/mol. The Morgan fingerprint density at radius 1 is 1.28 bits per heavy atom. The van der Waals surface area contributed by atoms with Crippen molar-refractivity contribution in [2.45, 2.75) is 45.2 Å². The van der Waals surface area contributed by atoms with E-state index in [2.05, 4.69) is 20.5 Å². The van der Waals surface area contributed by atoms with Crippen molar-refractivity contribution in [3.05, 3.63) is 18.5 Å². The minimum Gasteiger partial charge on any atom is -0.319 e. The van der Waals surface area contributed by atoms with E-state index in [0.717, 1.165) is 11.0 Å². The molecule has 11 heteroatoms. The number of pyridine rings is 1. The average molecular weight is 418 g/mol. The summed E-state index contributed by atoms with van der Waals surface area (Å²) in [4.78, 5) is 29.2. The van der Waals surface area contributed by atoms with Gasteiger partial charge in [-0.1, -0.05) is 0 Å². The van der Waals surface area contributed by atoms with Crippen LogP contribution in [0.3, 0.4) is 0 Å². The van der Waals surface area contributed by atoms with Gasteiger partial charge in [-0.15, -0.1) is 0 Å². The number of hydrazone groups is 1. The van der Waals surface area contributed by atoms with Gasteiger partial charge in [0.25, 0.3) is 5.91 Å². The van der Waals surface area contributed by atoms with Crippen molar-refractivity contribution in [1.82, 2.24) is 19.8 Å². The quantitative estimate of drug-likeness (QED) is 0.793. The van der Waals surface area contributed by atoms with Crippen molar-refractivity contribution in [3.63, 3.8) is 0 Å². The summed E-state index contributed by atoms with van der Waals surface area (Å²) in [6, 6.07) is 1.44. The maximum atomic E-state index is 12.7. The van der Waals surface area contributed by atoms with Gasteiger partial charge < -0.3 is 5.32 Å². The Morgan fingerprint density at radius 2 is 2.07 bits per heavy atom. The summed E-state index contributed by atoms with van der Waals surface area (Å²) in [5, 5.41) is 13.2. The van der Waals surface area contributed by atoms with Gasteiger partial charge in [0.2, 0.25) is 5.91 Å². The van der Waals surface area contributed by atoms with Gasteiger partial charge in [0.05, 0.1) is 35.6 Å². The number of rotatable bonds is 4. The van der Waals surface area contributed by atoms with Crippen LogP contribution in [0.1, 0.15) is 39.2 Å². The van der Waals surface area contributed by atoms with Crippen LogP contribution in [0, 0.1) is 0 Å². The average Bonchev–Trinajstić information content (AvgIpc) is 3.24. The van der Waals surface area contributed by atoms with E-state index in [1.165, 1.54) is 5.01 Å². The Bertz CT molecular complexity index is 1120. The second kappa shape index (κ2) is 7.21. The van der Waals surface area contributed by atoms with E-state index in [4.69, 9.17) is 0 Å². The molecule has 4 rings (SSSR count). The molecule has 0 bridgehead atoms. The fourth-order valence-electron chi connectivity index (χ4n) is 3.58. The van der Waals surface area contributed by atoms with Crippen LogP contribution in [-0.4, -0.2) is 63.3 Å². The third kappa shape index (κ3) is 3.86. The zero-order valence-electron chi connectivity index (χ0n) is 16.2. The molecule has 1 fully saturated rings. The molecule has 0 radical (unpaired) electrons. The molecule has 29 heavy (non-hydrogen) atoms. The van der Waals surface area contributed by atoms with Crippen molar-refractivity contribution in [2.75, 3.05) is 16.8 Å². The zero-order valence-corrected chi connectivity index (χ0v) is 17.0. The van der Waals surface area contributed by atoms with Crippen molar-refractivity contribution < 1.29 is 18.0 Å². The first-order valence-electron chi connectivity index (χ1n) is 9.48. The molecule has 2 aliphatic heterocycles. The molecule has 2 aromatic heterocycles. The lowest BCUT2D eigenvalue weighted by molar-refractivity contribution is -0.133. The second-order valence-electron chi connectivity index (χ2n) is 7.62. The Morgan fingerprint density at radius 3 is 2.76 bits per heavy atom. The van der Waals surface area contributed by atoms with Crippen LogP contribution in [0.15, 0.2) is 23.6 Å². The molecule has 1 N–H and O–H groups in total. The number of amides is 2. The SMILES string of the molecule is CC(C)n1ncc2cc(NC(=O)C3=NN([C@@H]4CCS(=O)(=O)C4)C(=O)CC3)cnc21. The van der Waals surface area contributed by atoms with E-state index >= 15 is 0 Å². The van der Waals surface area contributed by atoms with Crippen LogP contribution in [0.4, 0.5) is 5.69 Å². The summed E-state index contributed by atoms with van der Waals surface area (Å²) >= 11 is 0. The molecular formula is C18H22N6O4S. The number of nitrogens with zero attached hydrogens (tertiary/aromatic N) is 5. The van der Waals surface area contributed by atoms with Crippen LogP contribution < -0.4 is 5.32 Å². The third-order valence-corrected chi connectivity index (χ3v) is 6.81. The van der Waals surface area contributed by atoms with Gasteiger partial charge in [-0.25, -0.2) is 23.1 Å². The van der Waals surface area contributed by atoms with Crippen LogP contribution in [0.5, 0.6) is 0 Å². The predicted octanol–water partition coefficient (Wildman–Crippen LogP) is 1.12. The molecule has 0 aromatic carbocycles. The third-order valence-electron chi connectivity index (χ3n) is 5.06. The van der Waals surface area contributed by atoms with Gasteiger partial charge in [0, 0.05) is 24.3 Å². The smallest absolute Gasteiger partial charge is 0.271 e. The topological polar surface area (TPSA) is 127 Å².